The van der Waals surface area contributed by atoms with Gasteiger partial charge in [0, 0.05) is 19.6 Å². The minimum Gasteiger partial charge on any atom is -0.476 e. The Morgan fingerprint density at radius 2 is 2.09 bits per heavy atom. The molecule has 9 heteroatoms. The molecule has 126 valence electrons. The van der Waals surface area contributed by atoms with Crippen LogP contribution in [-0.4, -0.2) is 54.3 Å². The average molecular weight is 340 g/mol. The number of piperidine rings is 1. The molecule has 2 aliphatic rings. The first-order chi connectivity index (χ1) is 11.0. The van der Waals surface area contributed by atoms with Gasteiger partial charge in [0.25, 0.3) is 0 Å². The van der Waals surface area contributed by atoms with Crippen LogP contribution in [0.25, 0.3) is 0 Å². The van der Waals surface area contributed by atoms with Crippen molar-refractivity contribution in [1.29, 1.82) is 0 Å². The van der Waals surface area contributed by atoms with Crippen molar-refractivity contribution in [2.24, 2.45) is 5.92 Å². The Bertz CT molecular complexity index is 673. The molecule has 23 heavy (non-hydrogen) atoms. The minimum absolute atomic E-state index is 0.0838. The van der Waals surface area contributed by atoms with Gasteiger partial charge in [0.1, 0.15) is 5.82 Å². The fraction of sp³-hybridized carbons (Fsp3) is 0.643. The number of rotatable bonds is 6. The maximum Gasteiger partial charge on any atom is 0.356 e. The van der Waals surface area contributed by atoms with Gasteiger partial charge >= 0.3 is 5.97 Å². The van der Waals surface area contributed by atoms with E-state index in [1.807, 2.05) is 4.90 Å². The van der Waals surface area contributed by atoms with Crippen LogP contribution >= 0.6 is 0 Å². The Labute approximate surface area is 135 Å². The number of carboxylic acid groups (broad SMARTS) is 1. The van der Waals surface area contributed by atoms with E-state index in [0.717, 1.165) is 32.2 Å². The second-order valence-electron chi connectivity index (χ2n) is 6.11. The summed E-state index contributed by atoms with van der Waals surface area (Å²) in [6.45, 7) is 1.94. The summed E-state index contributed by atoms with van der Waals surface area (Å²) < 4.78 is 26.5. The summed E-state index contributed by atoms with van der Waals surface area (Å²) in [5.41, 5.74) is -0.0838. The lowest BCUT2D eigenvalue weighted by atomic mass is 9.98. The van der Waals surface area contributed by atoms with E-state index in [-0.39, 0.29) is 16.9 Å². The number of hydrogen-bond acceptors (Lipinski definition) is 6. The third-order valence-corrected chi connectivity index (χ3v) is 6.15. The second kappa shape index (κ2) is 6.40. The van der Waals surface area contributed by atoms with Crippen molar-refractivity contribution >= 4 is 21.8 Å². The van der Waals surface area contributed by atoms with Crippen LogP contribution in [0.1, 0.15) is 36.2 Å². The number of aromatic nitrogens is 2. The monoisotopic (exact) mass is 340 g/mol. The van der Waals surface area contributed by atoms with Crippen LogP contribution in [0.4, 0.5) is 5.82 Å². The molecule has 1 saturated heterocycles. The molecule has 0 amide bonds. The van der Waals surface area contributed by atoms with E-state index >= 15 is 0 Å². The van der Waals surface area contributed by atoms with E-state index in [9.17, 15) is 13.2 Å². The van der Waals surface area contributed by atoms with Gasteiger partial charge in [0.05, 0.1) is 17.6 Å². The SMILES string of the molecule is O=C(O)c1cnc(N2CCCC(CNS(=O)(=O)C3CC3)C2)cn1. The molecule has 0 aromatic carbocycles. The number of carbonyl (C=O) groups is 1. The predicted molar refractivity (Wildman–Crippen MR) is 83.9 cm³/mol. The van der Waals surface area contributed by atoms with Crippen molar-refractivity contribution in [1.82, 2.24) is 14.7 Å². The number of sulfonamides is 1. The van der Waals surface area contributed by atoms with E-state index in [2.05, 4.69) is 14.7 Å². The third-order valence-electron chi connectivity index (χ3n) is 4.24. The summed E-state index contributed by atoms with van der Waals surface area (Å²) in [4.78, 5) is 20.9. The molecule has 0 bridgehead atoms. The molecule has 1 aliphatic heterocycles. The number of carboxylic acids is 1. The molecule has 3 rings (SSSR count). The van der Waals surface area contributed by atoms with Crippen molar-refractivity contribution in [3.63, 3.8) is 0 Å². The molecule has 0 radical (unpaired) electrons. The molecule has 1 unspecified atom stereocenters. The fourth-order valence-corrected chi connectivity index (χ4v) is 4.23. The molecule has 2 heterocycles. The first-order valence-corrected chi connectivity index (χ1v) is 9.29. The summed E-state index contributed by atoms with van der Waals surface area (Å²) >= 11 is 0. The van der Waals surface area contributed by atoms with Gasteiger partial charge < -0.3 is 10.0 Å². The van der Waals surface area contributed by atoms with Crippen LogP contribution in [0.5, 0.6) is 0 Å². The van der Waals surface area contributed by atoms with Crippen LogP contribution in [0, 0.1) is 5.92 Å². The van der Waals surface area contributed by atoms with Gasteiger partial charge in [-0.1, -0.05) is 0 Å². The summed E-state index contributed by atoms with van der Waals surface area (Å²) in [5, 5.41) is 8.65. The number of nitrogens with one attached hydrogen (secondary N) is 1. The Hall–Kier alpha value is -1.74. The smallest absolute Gasteiger partial charge is 0.356 e. The molecule has 2 N–H and O–H groups in total. The highest BCUT2D eigenvalue weighted by atomic mass is 32.2. The van der Waals surface area contributed by atoms with E-state index in [1.165, 1.54) is 12.4 Å². The molecule has 1 aromatic rings. The quantitative estimate of drug-likeness (QED) is 0.774. The van der Waals surface area contributed by atoms with E-state index in [1.54, 1.807) is 0 Å². The lowest BCUT2D eigenvalue weighted by Crippen LogP contribution is -2.42. The number of anilines is 1. The molecule has 2 fully saturated rings. The largest absolute Gasteiger partial charge is 0.476 e. The van der Waals surface area contributed by atoms with Crippen LogP contribution in [0.15, 0.2) is 12.4 Å². The number of nitrogens with zero attached hydrogens (tertiary/aromatic N) is 3. The summed E-state index contributed by atoms with van der Waals surface area (Å²) in [6.07, 6.45) is 6.13. The standard InChI is InChI=1S/C14H20N4O4S/c19-14(20)12-7-16-13(8-15-12)18-5-1-2-10(9-18)6-17-23(21,22)11-3-4-11/h7-8,10-11,17H,1-6,9H2,(H,19,20). The maximum absolute atomic E-state index is 11.9. The summed E-state index contributed by atoms with van der Waals surface area (Å²) in [5.74, 6) is -0.252. The molecule has 8 nitrogen and oxygen atoms in total. The van der Waals surface area contributed by atoms with E-state index < -0.39 is 16.0 Å². The number of hydrogen-bond donors (Lipinski definition) is 2. The van der Waals surface area contributed by atoms with E-state index in [0.29, 0.717) is 18.9 Å². The highest BCUT2D eigenvalue weighted by Crippen LogP contribution is 2.28. The molecular formula is C14H20N4O4S. The molecule has 1 aliphatic carbocycles. The lowest BCUT2D eigenvalue weighted by Gasteiger charge is -2.33. The van der Waals surface area contributed by atoms with Gasteiger partial charge in [0.15, 0.2) is 5.69 Å². The molecule has 1 aromatic heterocycles. The Kier molecular flexibility index (Phi) is 4.49. The highest BCUT2D eigenvalue weighted by Gasteiger charge is 2.36. The highest BCUT2D eigenvalue weighted by molar-refractivity contribution is 7.90. The topological polar surface area (TPSA) is 112 Å². The molecular weight excluding hydrogens is 320 g/mol. The molecule has 0 spiro atoms. The Morgan fingerprint density at radius 3 is 2.70 bits per heavy atom. The zero-order valence-corrected chi connectivity index (χ0v) is 13.5. The van der Waals surface area contributed by atoms with Gasteiger partial charge in [-0.25, -0.2) is 27.9 Å². The van der Waals surface area contributed by atoms with Crippen molar-refractivity contribution < 1.29 is 18.3 Å². The van der Waals surface area contributed by atoms with Gasteiger partial charge in [-0.05, 0) is 31.6 Å². The normalized spacial score (nSPS) is 22.1. The van der Waals surface area contributed by atoms with Gasteiger partial charge in [-0.15, -0.1) is 0 Å². The number of aromatic carboxylic acids is 1. The van der Waals surface area contributed by atoms with Crippen LogP contribution in [0.2, 0.25) is 0 Å². The minimum atomic E-state index is -3.15. The Balaban J connectivity index is 1.58. The Morgan fingerprint density at radius 1 is 1.30 bits per heavy atom. The molecule has 1 saturated carbocycles. The lowest BCUT2D eigenvalue weighted by molar-refractivity contribution is 0.0690. The molecule has 1 atom stereocenters. The predicted octanol–water partition coefficient (Wildman–Crippen LogP) is 0.473. The maximum atomic E-state index is 11.9. The van der Waals surface area contributed by atoms with Crippen LogP contribution in [0.3, 0.4) is 0 Å². The summed E-state index contributed by atoms with van der Waals surface area (Å²) in [6, 6.07) is 0. The van der Waals surface area contributed by atoms with Crippen molar-refractivity contribution in [2.45, 2.75) is 30.9 Å². The van der Waals surface area contributed by atoms with E-state index in [4.69, 9.17) is 5.11 Å². The van der Waals surface area contributed by atoms with Crippen LogP contribution < -0.4 is 9.62 Å². The summed E-state index contributed by atoms with van der Waals surface area (Å²) in [7, 11) is -3.15. The average Bonchev–Trinajstić information content (AvgIpc) is 3.39. The van der Waals surface area contributed by atoms with Crippen molar-refractivity contribution in [3.05, 3.63) is 18.1 Å². The first-order valence-electron chi connectivity index (χ1n) is 7.74. The second-order valence-corrected chi connectivity index (χ2v) is 8.16. The van der Waals surface area contributed by atoms with Gasteiger partial charge in [-0.3, -0.25) is 0 Å². The zero-order chi connectivity index (χ0) is 16.4. The van der Waals surface area contributed by atoms with Crippen molar-refractivity contribution in [3.8, 4) is 0 Å². The van der Waals surface area contributed by atoms with Gasteiger partial charge in [0.2, 0.25) is 10.0 Å². The first kappa shape index (κ1) is 16.1. The zero-order valence-electron chi connectivity index (χ0n) is 12.7. The third kappa shape index (κ3) is 3.97. The van der Waals surface area contributed by atoms with Crippen LogP contribution in [-0.2, 0) is 10.0 Å². The van der Waals surface area contributed by atoms with Crippen molar-refractivity contribution in [2.75, 3.05) is 24.5 Å². The fourth-order valence-electron chi connectivity index (χ4n) is 2.76. The van der Waals surface area contributed by atoms with Gasteiger partial charge in [-0.2, -0.15) is 0 Å².